The number of hydrogen-bond donors (Lipinski definition) is 2. The molecule has 0 aliphatic heterocycles. The molecular weight excluding hydrogens is 558 g/mol. The molecule has 11 heteroatoms. The summed E-state index contributed by atoms with van der Waals surface area (Å²) >= 11 is 0. The van der Waals surface area contributed by atoms with Gasteiger partial charge in [0.25, 0.3) is 0 Å². The Balaban J connectivity index is 1.29. The second-order valence-corrected chi connectivity index (χ2v) is 10.6. The van der Waals surface area contributed by atoms with Gasteiger partial charge in [-0.15, -0.1) is 0 Å². The number of aromatic nitrogens is 1. The molecule has 0 atom stereocenters. The van der Waals surface area contributed by atoms with Crippen LogP contribution in [0.25, 0.3) is 10.9 Å². The number of fused-ring (bicyclic) bond motifs is 1. The molecule has 224 valence electrons. The van der Waals surface area contributed by atoms with Crippen LogP contribution in [-0.4, -0.2) is 56.1 Å². The fraction of sp³-hybridized carbons (Fsp3) is 0.281. The normalized spacial score (nSPS) is 13.4. The first-order valence-corrected chi connectivity index (χ1v) is 13.8. The monoisotopic (exact) mass is 590 g/mol. The Morgan fingerprint density at radius 3 is 2.23 bits per heavy atom. The Morgan fingerprint density at radius 1 is 0.884 bits per heavy atom. The van der Waals surface area contributed by atoms with Gasteiger partial charge in [0.1, 0.15) is 17.0 Å². The summed E-state index contributed by atoms with van der Waals surface area (Å²) < 4.78 is 45.8. The van der Waals surface area contributed by atoms with E-state index in [1.54, 1.807) is 31.5 Å². The first-order chi connectivity index (χ1) is 20.7. The molecule has 0 radical (unpaired) electrons. The van der Waals surface area contributed by atoms with E-state index in [0.717, 1.165) is 19.0 Å². The van der Waals surface area contributed by atoms with E-state index in [2.05, 4.69) is 20.5 Å². The molecule has 3 aromatic carbocycles. The number of carbonyl (C=O) groups excluding carboxylic acids is 2. The van der Waals surface area contributed by atoms with Crippen LogP contribution in [0.1, 0.15) is 19.3 Å². The fourth-order valence-corrected chi connectivity index (χ4v) is 4.55. The van der Waals surface area contributed by atoms with Gasteiger partial charge < -0.3 is 29.7 Å². The van der Waals surface area contributed by atoms with E-state index in [1.807, 2.05) is 14.1 Å². The van der Waals surface area contributed by atoms with Gasteiger partial charge >= 0.3 is 0 Å². The number of nitrogens with one attached hydrogen (secondary N) is 2. The predicted molar refractivity (Wildman–Crippen MR) is 159 cm³/mol. The van der Waals surface area contributed by atoms with E-state index in [0.29, 0.717) is 53.3 Å². The molecule has 0 unspecified atom stereocenters. The number of hydrogen-bond acceptors (Lipinski definition) is 7. The highest BCUT2D eigenvalue weighted by atomic mass is 19.1. The molecular formula is C32H32F2N4O5. The van der Waals surface area contributed by atoms with Crippen LogP contribution in [-0.2, 0) is 9.59 Å². The van der Waals surface area contributed by atoms with Gasteiger partial charge in [-0.25, -0.2) is 8.78 Å². The molecule has 1 aromatic heterocycles. The van der Waals surface area contributed by atoms with Crippen molar-refractivity contribution in [2.75, 3.05) is 45.0 Å². The summed E-state index contributed by atoms with van der Waals surface area (Å²) in [4.78, 5) is 32.3. The number of rotatable bonds is 12. The number of methoxy groups -OCH3 is 1. The molecule has 43 heavy (non-hydrogen) atoms. The van der Waals surface area contributed by atoms with E-state index in [9.17, 15) is 14.0 Å². The maximum Gasteiger partial charge on any atom is 0.240 e. The van der Waals surface area contributed by atoms with E-state index in [-0.39, 0.29) is 11.4 Å². The minimum absolute atomic E-state index is 0.0649. The summed E-state index contributed by atoms with van der Waals surface area (Å²) in [6.07, 6.45) is 3.06. The van der Waals surface area contributed by atoms with Crippen molar-refractivity contribution in [1.29, 1.82) is 0 Å². The number of benzene rings is 3. The Kier molecular flexibility index (Phi) is 8.72. The van der Waals surface area contributed by atoms with Crippen LogP contribution in [0.3, 0.4) is 0 Å². The Labute approximate surface area is 247 Å². The summed E-state index contributed by atoms with van der Waals surface area (Å²) in [6.45, 7) is 1.35. The maximum absolute atomic E-state index is 15.2. The van der Waals surface area contributed by atoms with Gasteiger partial charge in [-0.1, -0.05) is 0 Å². The topological polar surface area (TPSA) is 102 Å². The quantitative estimate of drug-likeness (QED) is 0.154. The fourth-order valence-electron chi connectivity index (χ4n) is 4.55. The highest BCUT2D eigenvalue weighted by Crippen LogP contribution is 2.47. The highest BCUT2D eigenvalue weighted by molar-refractivity contribution is 6.16. The summed E-state index contributed by atoms with van der Waals surface area (Å²) in [6, 6.07) is 14.4. The third kappa shape index (κ3) is 6.83. The summed E-state index contributed by atoms with van der Waals surface area (Å²) in [5, 5.41) is 5.88. The number of nitrogens with zero attached hydrogens (tertiary/aromatic N) is 2. The molecule has 1 saturated carbocycles. The maximum atomic E-state index is 15.2. The minimum Gasteiger partial charge on any atom is -0.493 e. The number of ether oxygens (including phenoxy) is 3. The molecule has 2 amide bonds. The van der Waals surface area contributed by atoms with Crippen molar-refractivity contribution in [3.63, 3.8) is 0 Å². The van der Waals surface area contributed by atoms with E-state index in [1.165, 1.54) is 36.4 Å². The zero-order valence-corrected chi connectivity index (χ0v) is 24.1. The SMILES string of the molecule is COc1cc2nccc(Oc3ccc(NC(=O)C4(C(=O)Nc5ccc(F)cc5)CC4)cc3F)c2cc1OCCCN(C)C. The summed E-state index contributed by atoms with van der Waals surface area (Å²) in [7, 11) is 5.53. The van der Waals surface area contributed by atoms with Gasteiger partial charge in [0, 0.05) is 41.6 Å². The van der Waals surface area contributed by atoms with Gasteiger partial charge in [0.2, 0.25) is 11.8 Å². The van der Waals surface area contributed by atoms with Crippen molar-refractivity contribution >= 4 is 34.1 Å². The second-order valence-electron chi connectivity index (χ2n) is 10.6. The summed E-state index contributed by atoms with van der Waals surface area (Å²) in [5.74, 6) is -0.867. The van der Waals surface area contributed by atoms with Gasteiger partial charge in [-0.2, -0.15) is 0 Å². The second kappa shape index (κ2) is 12.6. The Morgan fingerprint density at radius 2 is 1.58 bits per heavy atom. The average molecular weight is 591 g/mol. The Hall–Kier alpha value is -4.77. The molecule has 1 heterocycles. The van der Waals surface area contributed by atoms with Crippen molar-refractivity contribution in [2.24, 2.45) is 5.41 Å². The predicted octanol–water partition coefficient (Wildman–Crippen LogP) is 6.00. The summed E-state index contributed by atoms with van der Waals surface area (Å²) in [5.41, 5.74) is -0.145. The standard InChI is InChI=1S/C32H32F2N4O5/c1-38(2)15-4-16-42-29-18-23-25(19-28(29)41-3)35-14-11-26(23)43-27-10-9-22(17-24(27)34)37-31(40)32(12-13-32)30(39)36-21-7-5-20(33)6-8-21/h5-11,14,17-19H,4,12-13,15-16H2,1-3H3,(H,36,39)(H,37,40). The first kappa shape index (κ1) is 29.7. The number of halogens is 2. The van der Waals surface area contributed by atoms with E-state index >= 15 is 4.39 Å². The molecule has 2 N–H and O–H groups in total. The lowest BCUT2D eigenvalue weighted by molar-refractivity contribution is -0.131. The van der Waals surface area contributed by atoms with Gasteiger partial charge in [0.05, 0.1) is 19.2 Å². The van der Waals surface area contributed by atoms with Gasteiger partial charge in [0.15, 0.2) is 23.1 Å². The van der Waals surface area contributed by atoms with Crippen LogP contribution in [0.2, 0.25) is 0 Å². The zero-order chi connectivity index (χ0) is 30.6. The van der Waals surface area contributed by atoms with Crippen LogP contribution in [0.15, 0.2) is 66.9 Å². The molecule has 5 rings (SSSR count). The minimum atomic E-state index is -1.27. The zero-order valence-electron chi connectivity index (χ0n) is 24.1. The molecule has 4 aromatic rings. The molecule has 1 fully saturated rings. The molecule has 0 spiro atoms. The third-order valence-corrected chi connectivity index (χ3v) is 7.13. The van der Waals surface area contributed by atoms with Gasteiger partial charge in [-0.05, 0) is 81.9 Å². The first-order valence-electron chi connectivity index (χ1n) is 13.8. The lowest BCUT2D eigenvalue weighted by atomic mass is 10.0. The van der Waals surface area contributed by atoms with Crippen LogP contribution in [0.4, 0.5) is 20.2 Å². The number of amides is 2. The number of pyridine rings is 1. The van der Waals surface area contributed by atoms with Crippen LogP contribution in [0.5, 0.6) is 23.0 Å². The smallest absolute Gasteiger partial charge is 0.240 e. The molecule has 9 nitrogen and oxygen atoms in total. The van der Waals surface area contributed by atoms with Crippen molar-refractivity contribution < 1.29 is 32.6 Å². The van der Waals surface area contributed by atoms with Crippen LogP contribution in [0, 0.1) is 17.0 Å². The molecule has 0 bridgehead atoms. The third-order valence-electron chi connectivity index (χ3n) is 7.13. The number of carbonyl (C=O) groups is 2. The lowest BCUT2D eigenvalue weighted by Crippen LogP contribution is -2.35. The molecule has 1 aliphatic rings. The van der Waals surface area contributed by atoms with Crippen LogP contribution < -0.4 is 24.8 Å². The van der Waals surface area contributed by atoms with E-state index in [4.69, 9.17) is 14.2 Å². The molecule has 1 aliphatic carbocycles. The van der Waals surface area contributed by atoms with Crippen LogP contribution >= 0.6 is 0 Å². The van der Waals surface area contributed by atoms with E-state index < -0.39 is 28.9 Å². The average Bonchev–Trinajstić information content (AvgIpc) is 3.80. The van der Waals surface area contributed by atoms with Crippen molar-refractivity contribution in [1.82, 2.24) is 9.88 Å². The van der Waals surface area contributed by atoms with Gasteiger partial charge in [-0.3, -0.25) is 14.6 Å². The van der Waals surface area contributed by atoms with Crippen molar-refractivity contribution in [3.8, 4) is 23.0 Å². The highest BCUT2D eigenvalue weighted by Gasteiger charge is 2.56. The lowest BCUT2D eigenvalue weighted by Gasteiger charge is -2.16. The van der Waals surface area contributed by atoms with Crippen molar-refractivity contribution in [3.05, 3.63) is 78.5 Å². The van der Waals surface area contributed by atoms with Crippen molar-refractivity contribution in [2.45, 2.75) is 19.3 Å². The number of anilines is 2. The molecule has 0 saturated heterocycles. The Bertz CT molecular complexity index is 1640. The largest absolute Gasteiger partial charge is 0.493 e.